The van der Waals surface area contributed by atoms with E-state index < -0.39 is 0 Å². The molecule has 1 aromatic heterocycles. The molecular formula is C17H22N2S. The van der Waals surface area contributed by atoms with Gasteiger partial charge in [0, 0.05) is 17.1 Å². The van der Waals surface area contributed by atoms with Crippen LogP contribution in [0.25, 0.3) is 0 Å². The number of hydrogen-bond acceptors (Lipinski definition) is 3. The molecule has 3 atom stereocenters. The lowest BCUT2D eigenvalue weighted by Gasteiger charge is -2.32. The van der Waals surface area contributed by atoms with Crippen molar-refractivity contribution in [3.63, 3.8) is 0 Å². The normalized spacial score (nSPS) is 23.4. The summed E-state index contributed by atoms with van der Waals surface area (Å²) in [6.45, 7) is 6.62. The third-order valence-electron chi connectivity index (χ3n) is 4.25. The average molecular weight is 286 g/mol. The van der Waals surface area contributed by atoms with Gasteiger partial charge in [0.15, 0.2) is 0 Å². The Morgan fingerprint density at radius 2 is 2.00 bits per heavy atom. The van der Waals surface area contributed by atoms with E-state index in [-0.39, 0.29) is 0 Å². The number of nitrogens with one attached hydrogen (secondary N) is 1. The van der Waals surface area contributed by atoms with Crippen LogP contribution in [-0.2, 0) is 0 Å². The van der Waals surface area contributed by atoms with E-state index in [4.69, 9.17) is 0 Å². The Morgan fingerprint density at radius 1 is 1.25 bits per heavy atom. The summed E-state index contributed by atoms with van der Waals surface area (Å²) in [7, 11) is 0. The molecule has 2 aromatic rings. The topological polar surface area (TPSA) is 24.9 Å². The van der Waals surface area contributed by atoms with Crippen LogP contribution >= 0.6 is 11.3 Å². The number of fused-ring (bicyclic) bond motifs is 1. The fourth-order valence-electron chi connectivity index (χ4n) is 3.12. The SMILES string of the molecule is Cc1csc(C(C)NC2CCC(C)c3ccccc32)n1. The van der Waals surface area contributed by atoms with Crippen molar-refractivity contribution in [1.29, 1.82) is 0 Å². The first-order chi connectivity index (χ1) is 9.65. The van der Waals surface area contributed by atoms with Crippen LogP contribution in [-0.4, -0.2) is 4.98 Å². The lowest BCUT2D eigenvalue weighted by atomic mass is 9.81. The van der Waals surface area contributed by atoms with E-state index in [1.54, 1.807) is 11.3 Å². The minimum Gasteiger partial charge on any atom is -0.301 e. The van der Waals surface area contributed by atoms with Gasteiger partial charge in [-0.1, -0.05) is 31.2 Å². The van der Waals surface area contributed by atoms with Gasteiger partial charge < -0.3 is 5.32 Å². The van der Waals surface area contributed by atoms with Crippen LogP contribution in [0.15, 0.2) is 29.6 Å². The van der Waals surface area contributed by atoms with Crippen LogP contribution in [0.1, 0.15) is 66.5 Å². The van der Waals surface area contributed by atoms with Gasteiger partial charge in [-0.15, -0.1) is 11.3 Å². The molecule has 0 bridgehead atoms. The number of aryl methyl sites for hydroxylation is 1. The molecule has 106 valence electrons. The van der Waals surface area contributed by atoms with Crippen LogP contribution in [0.5, 0.6) is 0 Å². The second kappa shape index (κ2) is 5.66. The molecule has 1 aliphatic carbocycles. The molecule has 3 heteroatoms. The Balaban J connectivity index is 1.80. The zero-order chi connectivity index (χ0) is 14.1. The molecule has 1 aromatic carbocycles. The molecule has 0 spiro atoms. The van der Waals surface area contributed by atoms with Crippen LogP contribution < -0.4 is 5.32 Å². The summed E-state index contributed by atoms with van der Waals surface area (Å²) in [5.74, 6) is 0.682. The van der Waals surface area contributed by atoms with Crippen LogP contribution in [0.4, 0.5) is 0 Å². The molecule has 3 unspecified atom stereocenters. The number of rotatable bonds is 3. The Kier molecular flexibility index (Phi) is 3.90. The number of thiazole rings is 1. The fraction of sp³-hybridized carbons (Fsp3) is 0.471. The summed E-state index contributed by atoms with van der Waals surface area (Å²) >= 11 is 1.75. The van der Waals surface area contributed by atoms with E-state index in [1.807, 2.05) is 0 Å². The van der Waals surface area contributed by atoms with Gasteiger partial charge in [0.1, 0.15) is 5.01 Å². The summed E-state index contributed by atoms with van der Waals surface area (Å²) in [5.41, 5.74) is 4.11. The van der Waals surface area contributed by atoms with Gasteiger partial charge >= 0.3 is 0 Å². The molecule has 0 aliphatic heterocycles. The summed E-state index contributed by atoms with van der Waals surface area (Å²) in [6.07, 6.45) is 2.48. The van der Waals surface area contributed by atoms with Crippen molar-refractivity contribution in [2.45, 2.75) is 51.6 Å². The monoisotopic (exact) mass is 286 g/mol. The molecule has 0 saturated heterocycles. The molecule has 0 amide bonds. The van der Waals surface area contributed by atoms with Crippen molar-refractivity contribution in [2.75, 3.05) is 0 Å². The van der Waals surface area contributed by atoms with Gasteiger partial charge in [-0.25, -0.2) is 4.98 Å². The maximum Gasteiger partial charge on any atom is 0.110 e. The lowest BCUT2D eigenvalue weighted by Crippen LogP contribution is -2.28. The van der Waals surface area contributed by atoms with E-state index in [0.29, 0.717) is 18.0 Å². The predicted octanol–water partition coefficient (Wildman–Crippen LogP) is 4.74. The van der Waals surface area contributed by atoms with Gasteiger partial charge in [0.05, 0.1) is 6.04 Å². The third kappa shape index (κ3) is 2.65. The number of hydrogen-bond donors (Lipinski definition) is 1. The van der Waals surface area contributed by atoms with E-state index in [2.05, 4.69) is 60.7 Å². The summed E-state index contributed by atoms with van der Waals surface area (Å²) in [5, 5.41) is 7.10. The van der Waals surface area contributed by atoms with E-state index in [9.17, 15) is 0 Å². The first-order valence-electron chi connectivity index (χ1n) is 7.42. The highest BCUT2D eigenvalue weighted by Crippen LogP contribution is 2.38. The summed E-state index contributed by atoms with van der Waals surface area (Å²) in [6, 6.07) is 9.66. The van der Waals surface area contributed by atoms with Gasteiger partial charge in [0.2, 0.25) is 0 Å². The summed E-state index contributed by atoms with van der Waals surface area (Å²) < 4.78 is 0. The first-order valence-corrected chi connectivity index (χ1v) is 8.30. The molecule has 1 heterocycles. The molecule has 0 saturated carbocycles. The van der Waals surface area contributed by atoms with Crippen molar-refractivity contribution in [3.8, 4) is 0 Å². The Bertz CT molecular complexity index is 590. The highest BCUT2D eigenvalue weighted by molar-refractivity contribution is 7.09. The van der Waals surface area contributed by atoms with Crippen molar-refractivity contribution in [2.24, 2.45) is 0 Å². The van der Waals surface area contributed by atoms with Crippen LogP contribution in [0, 0.1) is 6.92 Å². The summed E-state index contributed by atoms with van der Waals surface area (Å²) in [4.78, 5) is 4.60. The van der Waals surface area contributed by atoms with Crippen molar-refractivity contribution in [3.05, 3.63) is 51.5 Å². The highest BCUT2D eigenvalue weighted by atomic mass is 32.1. The maximum atomic E-state index is 4.60. The van der Waals surface area contributed by atoms with Crippen LogP contribution in [0.2, 0.25) is 0 Å². The standard InChI is InChI=1S/C17H22N2S/c1-11-8-9-16(15-7-5-4-6-14(11)15)19-13(3)17-18-12(2)10-20-17/h4-7,10-11,13,16,19H,8-9H2,1-3H3. The quantitative estimate of drug-likeness (QED) is 0.881. The molecular weight excluding hydrogens is 264 g/mol. The molecule has 0 fully saturated rings. The second-order valence-corrected chi connectivity index (χ2v) is 6.77. The Morgan fingerprint density at radius 3 is 2.70 bits per heavy atom. The second-order valence-electron chi connectivity index (χ2n) is 5.88. The first kappa shape index (κ1) is 13.8. The van der Waals surface area contributed by atoms with E-state index in [0.717, 1.165) is 5.69 Å². The van der Waals surface area contributed by atoms with E-state index >= 15 is 0 Å². The van der Waals surface area contributed by atoms with Gasteiger partial charge in [-0.2, -0.15) is 0 Å². The molecule has 2 nitrogen and oxygen atoms in total. The number of aromatic nitrogens is 1. The fourth-order valence-corrected chi connectivity index (χ4v) is 3.93. The molecule has 0 radical (unpaired) electrons. The zero-order valence-electron chi connectivity index (χ0n) is 12.4. The van der Waals surface area contributed by atoms with Crippen molar-refractivity contribution >= 4 is 11.3 Å². The lowest BCUT2D eigenvalue weighted by molar-refractivity contribution is 0.395. The minimum atomic E-state index is 0.320. The minimum absolute atomic E-state index is 0.320. The Hall–Kier alpha value is -1.19. The van der Waals surface area contributed by atoms with Crippen molar-refractivity contribution < 1.29 is 0 Å². The van der Waals surface area contributed by atoms with Crippen molar-refractivity contribution in [1.82, 2.24) is 10.3 Å². The average Bonchev–Trinajstić information content (AvgIpc) is 2.89. The number of benzene rings is 1. The molecule has 3 rings (SSSR count). The highest BCUT2D eigenvalue weighted by Gasteiger charge is 2.25. The zero-order valence-corrected chi connectivity index (χ0v) is 13.2. The molecule has 1 aliphatic rings. The maximum absolute atomic E-state index is 4.60. The largest absolute Gasteiger partial charge is 0.301 e. The van der Waals surface area contributed by atoms with E-state index in [1.165, 1.54) is 29.0 Å². The smallest absolute Gasteiger partial charge is 0.110 e. The van der Waals surface area contributed by atoms with Gasteiger partial charge in [-0.05, 0) is 43.7 Å². The number of nitrogens with zero attached hydrogens (tertiary/aromatic N) is 1. The predicted molar refractivity (Wildman–Crippen MR) is 85.2 cm³/mol. The third-order valence-corrected chi connectivity index (χ3v) is 5.39. The molecule has 20 heavy (non-hydrogen) atoms. The molecule has 1 N–H and O–H groups in total. The Labute approximate surface area is 125 Å². The van der Waals surface area contributed by atoms with Crippen LogP contribution in [0.3, 0.4) is 0 Å². The van der Waals surface area contributed by atoms with Gasteiger partial charge in [0.25, 0.3) is 0 Å². The van der Waals surface area contributed by atoms with Gasteiger partial charge in [-0.3, -0.25) is 0 Å².